The molecule has 2 rings (SSSR count). The second-order valence-electron chi connectivity index (χ2n) is 5.09. The first-order chi connectivity index (χ1) is 11.1. The van der Waals surface area contributed by atoms with Gasteiger partial charge in [0.05, 0.1) is 0 Å². The maximum atomic E-state index is 14.0. The van der Waals surface area contributed by atoms with Crippen LogP contribution in [0.25, 0.3) is 6.08 Å². The van der Waals surface area contributed by atoms with Crippen LogP contribution < -0.4 is 0 Å². The first-order valence-electron chi connectivity index (χ1n) is 6.75. The van der Waals surface area contributed by atoms with Crippen LogP contribution in [0, 0.1) is 0 Å². The van der Waals surface area contributed by atoms with Crippen LogP contribution in [0.4, 0.5) is 22.0 Å². The molecule has 0 saturated carbocycles. The summed E-state index contributed by atoms with van der Waals surface area (Å²) < 4.78 is 66.7. The quantitative estimate of drug-likeness (QED) is 0.718. The van der Waals surface area contributed by atoms with E-state index < -0.39 is 23.3 Å². The van der Waals surface area contributed by atoms with Crippen LogP contribution in [0.1, 0.15) is 11.1 Å². The van der Waals surface area contributed by atoms with Gasteiger partial charge in [0.1, 0.15) is 0 Å². The van der Waals surface area contributed by atoms with Gasteiger partial charge in [-0.05, 0) is 29.3 Å². The van der Waals surface area contributed by atoms with E-state index in [1.807, 2.05) is 0 Å². The fraction of sp³-hybridized carbons (Fsp3) is 0.176. The molecule has 0 aliphatic rings. The highest BCUT2D eigenvalue weighted by molar-refractivity contribution is 6.30. The highest BCUT2D eigenvalue weighted by Gasteiger charge is 2.69. The van der Waals surface area contributed by atoms with Crippen molar-refractivity contribution in [2.45, 2.75) is 17.7 Å². The average Bonchev–Trinajstić information content (AvgIpc) is 2.52. The maximum absolute atomic E-state index is 14.0. The number of rotatable bonds is 4. The summed E-state index contributed by atoms with van der Waals surface area (Å²) in [6, 6.07) is 12.1. The summed E-state index contributed by atoms with van der Waals surface area (Å²) in [7, 11) is 0. The summed E-state index contributed by atoms with van der Waals surface area (Å²) in [6.45, 7) is 0. The van der Waals surface area contributed by atoms with Crippen LogP contribution in [-0.2, 0) is 5.60 Å². The van der Waals surface area contributed by atoms with Crippen LogP contribution in [0.3, 0.4) is 0 Å². The molecule has 0 aliphatic carbocycles. The first kappa shape index (κ1) is 18.4. The van der Waals surface area contributed by atoms with Gasteiger partial charge in [-0.15, -0.1) is 0 Å². The molecule has 0 saturated heterocycles. The topological polar surface area (TPSA) is 20.2 Å². The Labute approximate surface area is 140 Å². The lowest BCUT2D eigenvalue weighted by molar-refractivity contribution is -0.334. The molecule has 0 amide bonds. The zero-order chi connectivity index (χ0) is 18.0. The van der Waals surface area contributed by atoms with Crippen LogP contribution in [0.5, 0.6) is 0 Å². The van der Waals surface area contributed by atoms with E-state index in [1.165, 1.54) is 24.3 Å². The van der Waals surface area contributed by atoms with E-state index in [0.717, 1.165) is 18.2 Å². The lowest BCUT2D eigenvalue weighted by Gasteiger charge is -2.35. The standard InChI is InChI=1S/C17H12ClF5O/c18-14-8-4-7-13(11-14)15(24,16(19,20)17(21,22)23)10-9-12-5-2-1-3-6-12/h1-11,24H/b10-9+. The Morgan fingerprint density at radius 2 is 1.50 bits per heavy atom. The van der Waals surface area contributed by atoms with Crippen molar-refractivity contribution in [2.24, 2.45) is 0 Å². The summed E-state index contributed by atoms with van der Waals surface area (Å²) in [6.07, 6.45) is -4.52. The van der Waals surface area contributed by atoms with E-state index in [9.17, 15) is 27.1 Å². The molecule has 24 heavy (non-hydrogen) atoms. The summed E-state index contributed by atoms with van der Waals surface area (Å²) in [5.41, 5.74) is -3.91. The van der Waals surface area contributed by atoms with Gasteiger partial charge in [-0.1, -0.05) is 60.1 Å². The van der Waals surface area contributed by atoms with E-state index in [-0.39, 0.29) is 5.02 Å². The zero-order valence-corrected chi connectivity index (χ0v) is 12.8. The van der Waals surface area contributed by atoms with E-state index >= 15 is 0 Å². The van der Waals surface area contributed by atoms with Crippen molar-refractivity contribution in [3.8, 4) is 0 Å². The number of hydrogen-bond donors (Lipinski definition) is 1. The van der Waals surface area contributed by atoms with Crippen LogP contribution in [-0.4, -0.2) is 17.2 Å². The third kappa shape index (κ3) is 3.44. The summed E-state index contributed by atoms with van der Waals surface area (Å²) >= 11 is 5.67. The third-order valence-electron chi connectivity index (χ3n) is 3.42. The lowest BCUT2D eigenvalue weighted by Crippen LogP contribution is -2.53. The Morgan fingerprint density at radius 1 is 0.875 bits per heavy atom. The molecule has 0 radical (unpaired) electrons. The Balaban J connectivity index is 2.59. The molecular formula is C17H12ClF5O. The van der Waals surface area contributed by atoms with E-state index in [1.54, 1.807) is 18.2 Å². The molecule has 0 spiro atoms. The fourth-order valence-corrected chi connectivity index (χ4v) is 2.30. The molecule has 7 heteroatoms. The summed E-state index contributed by atoms with van der Waals surface area (Å²) in [5.74, 6) is -5.42. The first-order valence-corrected chi connectivity index (χ1v) is 7.13. The van der Waals surface area contributed by atoms with E-state index in [4.69, 9.17) is 11.6 Å². The largest absolute Gasteiger partial charge is 0.457 e. The van der Waals surface area contributed by atoms with Gasteiger partial charge in [0, 0.05) is 5.02 Å². The van der Waals surface area contributed by atoms with Crippen molar-refractivity contribution in [1.82, 2.24) is 0 Å². The van der Waals surface area contributed by atoms with Gasteiger partial charge >= 0.3 is 12.1 Å². The fourth-order valence-electron chi connectivity index (χ4n) is 2.10. The van der Waals surface area contributed by atoms with Crippen molar-refractivity contribution in [3.05, 3.63) is 76.8 Å². The Bertz CT molecular complexity index is 727. The van der Waals surface area contributed by atoms with Crippen LogP contribution in [0.15, 0.2) is 60.7 Å². The SMILES string of the molecule is OC(/C=C/c1ccccc1)(c1cccc(Cl)c1)C(F)(F)C(F)(F)F. The predicted octanol–water partition coefficient (Wildman–Crippen LogP) is 5.44. The summed E-state index contributed by atoms with van der Waals surface area (Å²) in [5, 5.41) is 10.2. The smallest absolute Gasteiger partial charge is 0.375 e. The molecule has 0 heterocycles. The Morgan fingerprint density at radius 3 is 2.04 bits per heavy atom. The molecule has 0 aliphatic heterocycles. The van der Waals surface area contributed by atoms with Gasteiger partial charge in [0.2, 0.25) is 0 Å². The highest BCUT2D eigenvalue weighted by atomic mass is 35.5. The van der Waals surface area contributed by atoms with E-state index in [0.29, 0.717) is 11.6 Å². The molecule has 128 valence electrons. The predicted molar refractivity (Wildman–Crippen MR) is 81.8 cm³/mol. The Hall–Kier alpha value is -1.92. The van der Waals surface area contributed by atoms with Gasteiger partial charge in [-0.2, -0.15) is 22.0 Å². The van der Waals surface area contributed by atoms with Gasteiger partial charge in [-0.3, -0.25) is 0 Å². The van der Waals surface area contributed by atoms with Crippen LogP contribution in [0.2, 0.25) is 5.02 Å². The minimum Gasteiger partial charge on any atom is -0.375 e. The molecule has 2 aromatic rings. The van der Waals surface area contributed by atoms with Gasteiger partial charge in [-0.25, -0.2) is 0 Å². The van der Waals surface area contributed by atoms with Crippen LogP contribution >= 0.6 is 11.6 Å². The molecule has 2 aromatic carbocycles. The Kier molecular flexibility index (Phi) is 5.01. The maximum Gasteiger partial charge on any atom is 0.457 e. The molecule has 1 atom stereocenters. The number of benzene rings is 2. The second kappa shape index (κ2) is 6.53. The highest BCUT2D eigenvalue weighted by Crippen LogP contribution is 2.49. The third-order valence-corrected chi connectivity index (χ3v) is 3.65. The molecule has 1 nitrogen and oxygen atoms in total. The monoisotopic (exact) mass is 362 g/mol. The number of aliphatic hydroxyl groups is 1. The van der Waals surface area contributed by atoms with Crippen molar-refractivity contribution in [3.63, 3.8) is 0 Å². The van der Waals surface area contributed by atoms with Crippen molar-refractivity contribution < 1.29 is 27.1 Å². The van der Waals surface area contributed by atoms with E-state index in [2.05, 4.69) is 0 Å². The molecule has 0 aromatic heterocycles. The molecule has 0 bridgehead atoms. The van der Waals surface area contributed by atoms with Crippen molar-refractivity contribution in [1.29, 1.82) is 0 Å². The molecule has 1 N–H and O–H groups in total. The zero-order valence-electron chi connectivity index (χ0n) is 12.1. The van der Waals surface area contributed by atoms with Gasteiger partial charge in [0.25, 0.3) is 0 Å². The second-order valence-corrected chi connectivity index (χ2v) is 5.53. The van der Waals surface area contributed by atoms with Crippen molar-refractivity contribution in [2.75, 3.05) is 0 Å². The lowest BCUT2D eigenvalue weighted by atomic mass is 9.85. The molecular weight excluding hydrogens is 351 g/mol. The molecule has 1 unspecified atom stereocenters. The van der Waals surface area contributed by atoms with Gasteiger partial charge in [0.15, 0.2) is 5.60 Å². The van der Waals surface area contributed by atoms with Gasteiger partial charge < -0.3 is 5.11 Å². The summed E-state index contributed by atoms with van der Waals surface area (Å²) in [4.78, 5) is 0. The molecule has 0 fully saturated rings. The van der Waals surface area contributed by atoms with Crippen molar-refractivity contribution >= 4 is 17.7 Å². The number of alkyl halides is 5. The number of hydrogen-bond acceptors (Lipinski definition) is 1. The number of halogens is 6. The normalized spacial score (nSPS) is 15.5. The average molecular weight is 363 g/mol. The minimum absolute atomic E-state index is 0.0722. The minimum atomic E-state index is -5.95.